The monoisotopic (exact) mass is 371 g/mol. The third kappa shape index (κ3) is 3.31. The maximum Gasteiger partial charge on any atom is 0.311 e. The number of hydrogen-bond acceptors (Lipinski definition) is 7. The summed E-state index contributed by atoms with van der Waals surface area (Å²) in [6.07, 6.45) is 0. The van der Waals surface area contributed by atoms with Gasteiger partial charge in [-0.3, -0.25) is 4.79 Å². The molecule has 2 aliphatic rings. The first kappa shape index (κ1) is 17.6. The normalized spacial score (nSPS) is 23.7. The van der Waals surface area contributed by atoms with Gasteiger partial charge in [-0.2, -0.15) is 5.48 Å². The Morgan fingerprint density at radius 2 is 1.78 bits per heavy atom. The maximum absolute atomic E-state index is 12.7. The van der Waals surface area contributed by atoms with E-state index in [1.54, 1.807) is 7.11 Å². The summed E-state index contributed by atoms with van der Waals surface area (Å²) in [4.78, 5) is 18.3. The van der Waals surface area contributed by atoms with Crippen LogP contribution in [0.4, 0.5) is 0 Å². The number of fused-ring (bicyclic) bond motifs is 1. The number of esters is 1. The number of hydrogen-bond donors (Lipinski definition) is 1. The third-order valence-electron chi connectivity index (χ3n) is 5.04. The fourth-order valence-electron chi connectivity index (χ4n) is 3.61. The van der Waals surface area contributed by atoms with Crippen molar-refractivity contribution >= 4 is 5.97 Å². The molecule has 1 unspecified atom stereocenters. The minimum Gasteiger partial charge on any atom is -0.497 e. The molecular weight excluding hydrogens is 350 g/mol. The zero-order valence-corrected chi connectivity index (χ0v) is 15.1. The second kappa shape index (κ2) is 7.46. The van der Waals surface area contributed by atoms with E-state index in [0.29, 0.717) is 18.1 Å². The predicted octanol–water partition coefficient (Wildman–Crippen LogP) is 2.57. The van der Waals surface area contributed by atoms with Crippen LogP contribution in [0.2, 0.25) is 0 Å². The molecule has 0 aliphatic carbocycles. The van der Waals surface area contributed by atoms with Gasteiger partial charge in [0.05, 0.1) is 32.8 Å². The third-order valence-corrected chi connectivity index (χ3v) is 5.04. The van der Waals surface area contributed by atoms with Crippen molar-refractivity contribution < 1.29 is 28.6 Å². The number of ether oxygens (including phenoxy) is 4. The molecule has 7 heteroatoms. The van der Waals surface area contributed by atoms with Crippen LogP contribution in [-0.4, -0.2) is 33.6 Å². The highest BCUT2D eigenvalue weighted by Gasteiger charge is 2.42. The molecule has 0 radical (unpaired) electrons. The van der Waals surface area contributed by atoms with Gasteiger partial charge >= 0.3 is 5.97 Å². The first-order valence-corrected chi connectivity index (χ1v) is 8.70. The first-order valence-electron chi connectivity index (χ1n) is 8.70. The summed E-state index contributed by atoms with van der Waals surface area (Å²) in [5.41, 5.74) is 4.85. The quantitative estimate of drug-likeness (QED) is 0.828. The molecule has 1 saturated heterocycles. The van der Waals surface area contributed by atoms with Gasteiger partial charge in [-0.05, 0) is 35.4 Å². The number of methoxy groups -OCH3 is 2. The van der Waals surface area contributed by atoms with Gasteiger partial charge in [0.2, 0.25) is 6.79 Å². The SMILES string of the molecule is COC(=O)C1[C@@H](c2ccc3c(c2)OCO3)CON[C@@H]1c1ccc(OC)cc1. The van der Waals surface area contributed by atoms with Gasteiger partial charge in [-0.1, -0.05) is 18.2 Å². The molecule has 3 atom stereocenters. The zero-order chi connectivity index (χ0) is 18.8. The van der Waals surface area contributed by atoms with Gasteiger partial charge in [-0.15, -0.1) is 0 Å². The Labute approximate surface area is 157 Å². The van der Waals surface area contributed by atoms with E-state index < -0.39 is 5.92 Å². The van der Waals surface area contributed by atoms with Crippen molar-refractivity contribution in [1.82, 2.24) is 5.48 Å². The number of rotatable bonds is 4. The number of nitrogens with one attached hydrogen (secondary N) is 1. The minimum absolute atomic E-state index is 0.194. The lowest BCUT2D eigenvalue weighted by molar-refractivity contribution is -0.156. The summed E-state index contributed by atoms with van der Waals surface area (Å²) >= 11 is 0. The van der Waals surface area contributed by atoms with Gasteiger partial charge < -0.3 is 23.8 Å². The molecule has 0 spiro atoms. The lowest BCUT2D eigenvalue weighted by atomic mass is 9.78. The number of carbonyl (C=O) groups excluding carboxylic acids is 1. The Hall–Kier alpha value is -2.77. The molecule has 4 rings (SSSR count). The summed E-state index contributed by atoms with van der Waals surface area (Å²) in [5, 5.41) is 0. The van der Waals surface area contributed by atoms with Crippen LogP contribution in [0.15, 0.2) is 42.5 Å². The van der Waals surface area contributed by atoms with E-state index >= 15 is 0 Å². The first-order chi connectivity index (χ1) is 13.2. The van der Waals surface area contributed by atoms with Crippen LogP contribution in [-0.2, 0) is 14.4 Å². The second-order valence-electron chi connectivity index (χ2n) is 6.45. The molecule has 27 heavy (non-hydrogen) atoms. The van der Waals surface area contributed by atoms with E-state index in [9.17, 15) is 4.79 Å². The van der Waals surface area contributed by atoms with Crippen LogP contribution in [0, 0.1) is 5.92 Å². The molecular formula is C20H21NO6. The van der Waals surface area contributed by atoms with Crippen LogP contribution in [0.5, 0.6) is 17.2 Å². The Morgan fingerprint density at radius 3 is 2.52 bits per heavy atom. The maximum atomic E-state index is 12.7. The van der Waals surface area contributed by atoms with Crippen molar-refractivity contribution in [3.05, 3.63) is 53.6 Å². The standard InChI is InChI=1S/C20H21NO6/c1-23-14-6-3-12(4-7-14)19-18(20(22)24-2)15(10-27-21-19)13-5-8-16-17(9-13)26-11-25-16/h3-9,15,18-19,21H,10-11H2,1-2H3/t15-,18?,19-/m1/s1. The predicted molar refractivity (Wildman–Crippen MR) is 95.6 cm³/mol. The van der Waals surface area contributed by atoms with Crippen molar-refractivity contribution in [3.8, 4) is 17.2 Å². The fourth-order valence-corrected chi connectivity index (χ4v) is 3.61. The molecule has 2 heterocycles. The van der Waals surface area contributed by atoms with E-state index in [-0.39, 0.29) is 24.7 Å². The molecule has 0 saturated carbocycles. The van der Waals surface area contributed by atoms with Crippen LogP contribution in [0.25, 0.3) is 0 Å². The van der Waals surface area contributed by atoms with Crippen molar-refractivity contribution in [3.63, 3.8) is 0 Å². The van der Waals surface area contributed by atoms with Crippen molar-refractivity contribution in [2.24, 2.45) is 5.92 Å². The van der Waals surface area contributed by atoms with Crippen molar-refractivity contribution in [1.29, 1.82) is 0 Å². The molecule has 0 aromatic heterocycles. The Bertz CT molecular complexity index is 822. The van der Waals surface area contributed by atoms with Gasteiger partial charge in [-0.25, -0.2) is 0 Å². The highest BCUT2D eigenvalue weighted by Crippen LogP contribution is 2.42. The van der Waals surface area contributed by atoms with Gasteiger partial charge in [0.1, 0.15) is 5.75 Å². The Morgan fingerprint density at radius 1 is 1.04 bits per heavy atom. The fraction of sp³-hybridized carbons (Fsp3) is 0.350. The average Bonchev–Trinajstić information content (AvgIpc) is 3.20. The number of carbonyl (C=O) groups is 1. The molecule has 0 amide bonds. The zero-order valence-electron chi connectivity index (χ0n) is 15.1. The van der Waals surface area contributed by atoms with Crippen molar-refractivity contribution in [2.75, 3.05) is 27.6 Å². The van der Waals surface area contributed by atoms with Crippen LogP contribution < -0.4 is 19.7 Å². The molecule has 2 aromatic rings. The van der Waals surface area contributed by atoms with E-state index in [2.05, 4.69) is 5.48 Å². The van der Waals surface area contributed by atoms with Crippen LogP contribution in [0.1, 0.15) is 23.1 Å². The Kier molecular flexibility index (Phi) is 4.87. The van der Waals surface area contributed by atoms with E-state index in [1.165, 1.54) is 7.11 Å². The van der Waals surface area contributed by atoms with E-state index in [0.717, 1.165) is 16.9 Å². The summed E-state index contributed by atoms with van der Waals surface area (Å²) in [5.74, 6) is 1.18. The summed E-state index contributed by atoms with van der Waals surface area (Å²) in [7, 11) is 3.02. The second-order valence-corrected chi connectivity index (χ2v) is 6.45. The number of hydroxylamine groups is 1. The molecule has 2 aliphatic heterocycles. The van der Waals surface area contributed by atoms with E-state index in [1.807, 2.05) is 42.5 Å². The highest BCUT2D eigenvalue weighted by molar-refractivity contribution is 5.75. The lowest BCUT2D eigenvalue weighted by Crippen LogP contribution is -2.44. The molecule has 142 valence electrons. The van der Waals surface area contributed by atoms with Crippen LogP contribution in [0.3, 0.4) is 0 Å². The molecule has 1 fully saturated rings. The van der Waals surface area contributed by atoms with Gasteiger partial charge in [0, 0.05) is 5.92 Å². The average molecular weight is 371 g/mol. The van der Waals surface area contributed by atoms with Crippen LogP contribution >= 0.6 is 0 Å². The van der Waals surface area contributed by atoms with Gasteiger partial charge in [0.15, 0.2) is 11.5 Å². The molecule has 2 aromatic carbocycles. The number of benzene rings is 2. The topological polar surface area (TPSA) is 75.3 Å². The summed E-state index contributed by atoms with van der Waals surface area (Å²) in [6.45, 7) is 0.544. The van der Waals surface area contributed by atoms with Crippen molar-refractivity contribution in [2.45, 2.75) is 12.0 Å². The van der Waals surface area contributed by atoms with Gasteiger partial charge in [0.25, 0.3) is 0 Å². The van der Waals surface area contributed by atoms with E-state index in [4.69, 9.17) is 23.8 Å². The Balaban J connectivity index is 1.69. The molecule has 1 N–H and O–H groups in total. The lowest BCUT2D eigenvalue weighted by Gasteiger charge is -2.37. The molecule has 7 nitrogen and oxygen atoms in total. The molecule has 0 bridgehead atoms. The highest BCUT2D eigenvalue weighted by atomic mass is 16.7. The largest absolute Gasteiger partial charge is 0.497 e. The summed E-state index contributed by atoms with van der Waals surface area (Å²) in [6, 6.07) is 12.9. The minimum atomic E-state index is -0.461. The summed E-state index contributed by atoms with van der Waals surface area (Å²) < 4.78 is 21.2. The smallest absolute Gasteiger partial charge is 0.311 e.